The van der Waals surface area contributed by atoms with Crippen molar-refractivity contribution in [3.8, 4) is 0 Å². The fourth-order valence-corrected chi connectivity index (χ4v) is 2.99. The zero-order chi connectivity index (χ0) is 18.1. The molecule has 0 aliphatic carbocycles. The van der Waals surface area contributed by atoms with Gasteiger partial charge < -0.3 is 15.4 Å². The molecular formula is C19H29N3O3. The molecule has 2 amide bonds. The van der Waals surface area contributed by atoms with Crippen LogP contribution in [-0.4, -0.2) is 62.1 Å². The number of amides is 2. The summed E-state index contributed by atoms with van der Waals surface area (Å²) in [6, 6.07) is 9.21. The molecule has 138 valence electrons. The van der Waals surface area contributed by atoms with Gasteiger partial charge in [0.2, 0.25) is 5.91 Å². The third kappa shape index (κ3) is 6.84. The predicted octanol–water partition coefficient (Wildman–Crippen LogP) is 1.28. The molecule has 1 atom stereocenters. The van der Waals surface area contributed by atoms with Gasteiger partial charge in [0.05, 0.1) is 19.8 Å². The quantitative estimate of drug-likeness (QED) is 0.743. The second kappa shape index (κ2) is 10.2. The number of hydrogen-bond donors (Lipinski definition) is 2. The van der Waals surface area contributed by atoms with E-state index in [-0.39, 0.29) is 18.4 Å². The van der Waals surface area contributed by atoms with Gasteiger partial charge in [0.25, 0.3) is 5.91 Å². The first-order valence-corrected chi connectivity index (χ1v) is 8.98. The first-order chi connectivity index (χ1) is 12.1. The Labute approximate surface area is 149 Å². The first kappa shape index (κ1) is 19.4. The lowest BCUT2D eigenvalue weighted by Gasteiger charge is -2.35. The summed E-state index contributed by atoms with van der Waals surface area (Å²) in [5.74, 6) is 0.163. The summed E-state index contributed by atoms with van der Waals surface area (Å²) in [6.45, 7) is 8.26. The SMILES string of the molecule is CC(C)CC(CNC(=O)CNC(=O)c1ccccc1)N1CCOCC1. The zero-order valence-corrected chi connectivity index (χ0v) is 15.2. The van der Waals surface area contributed by atoms with E-state index in [1.165, 1.54) is 0 Å². The Balaban J connectivity index is 1.76. The van der Waals surface area contributed by atoms with Crippen molar-refractivity contribution in [1.82, 2.24) is 15.5 Å². The third-order valence-corrected chi connectivity index (χ3v) is 4.29. The monoisotopic (exact) mass is 347 g/mol. The van der Waals surface area contributed by atoms with Crippen LogP contribution < -0.4 is 10.6 Å². The summed E-state index contributed by atoms with van der Waals surface area (Å²) in [4.78, 5) is 26.4. The van der Waals surface area contributed by atoms with Crippen LogP contribution in [-0.2, 0) is 9.53 Å². The maximum atomic E-state index is 12.1. The summed E-state index contributed by atoms with van der Waals surface area (Å²) >= 11 is 0. The molecule has 0 spiro atoms. The molecular weight excluding hydrogens is 318 g/mol. The molecule has 2 N–H and O–H groups in total. The highest BCUT2D eigenvalue weighted by atomic mass is 16.5. The van der Waals surface area contributed by atoms with Crippen molar-refractivity contribution >= 4 is 11.8 Å². The number of carbonyl (C=O) groups is 2. The van der Waals surface area contributed by atoms with Gasteiger partial charge in [-0.15, -0.1) is 0 Å². The molecule has 1 fully saturated rings. The predicted molar refractivity (Wildman–Crippen MR) is 97.4 cm³/mol. The maximum absolute atomic E-state index is 12.1. The molecule has 6 nitrogen and oxygen atoms in total. The lowest BCUT2D eigenvalue weighted by atomic mass is 10.0. The van der Waals surface area contributed by atoms with Gasteiger partial charge in [-0.05, 0) is 24.5 Å². The normalized spacial score (nSPS) is 16.4. The van der Waals surface area contributed by atoms with Crippen molar-refractivity contribution < 1.29 is 14.3 Å². The number of nitrogens with one attached hydrogen (secondary N) is 2. The van der Waals surface area contributed by atoms with Gasteiger partial charge in [0.1, 0.15) is 0 Å². The topological polar surface area (TPSA) is 70.7 Å². The van der Waals surface area contributed by atoms with E-state index < -0.39 is 0 Å². The van der Waals surface area contributed by atoms with Crippen LogP contribution in [0.5, 0.6) is 0 Å². The highest BCUT2D eigenvalue weighted by Crippen LogP contribution is 2.12. The smallest absolute Gasteiger partial charge is 0.251 e. The van der Waals surface area contributed by atoms with Crippen LogP contribution in [0.2, 0.25) is 0 Å². The largest absolute Gasteiger partial charge is 0.379 e. The molecule has 0 aromatic heterocycles. The molecule has 1 aromatic rings. The first-order valence-electron chi connectivity index (χ1n) is 8.98. The molecule has 1 aliphatic rings. The Bertz CT molecular complexity index is 542. The van der Waals surface area contributed by atoms with E-state index >= 15 is 0 Å². The van der Waals surface area contributed by atoms with Crippen molar-refractivity contribution in [2.24, 2.45) is 5.92 Å². The van der Waals surface area contributed by atoms with Crippen molar-refractivity contribution in [1.29, 1.82) is 0 Å². The minimum Gasteiger partial charge on any atom is -0.379 e. The Morgan fingerprint density at radius 3 is 2.44 bits per heavy atom. The van der Waals surface area contributed by atoms with Gasteiger partial charge in [0.15, 0.2) is 0 Å². The van der Waals surface area contributed by atoms with Crippen LogP contribution in [0.15, 0.2) is 30.3 Å². The average Bonchev–Trinajstić information content (AvgIpc) is 2.64. The van der Waals surface area contributed by atoms with Gasteiger partial charge in [-0.2, -0.15) is 0 Å². The minimum atomic E-state index is -0.234. The van der Waals surface area contributed by atoms with Crippen LogP contribution in [0.4, 0.5) is 0 Å². The van der Waals surface area contributed by atoms with E-state index in [4.69, 9.17) is 4.74 Å². The van der Waals surface area contributed by atoms with Gasteiger partial charge in [-0.3, -0.25) is 14.5 Å². The van der Waals surface area contributed by atoms with Crippen molar-refractivity contribution in [2.75, 3.05) is 39.4 Å². The molecule has 0 bridgehead atoms. The van der Waals surface area contributed by atoms with Crippen LogP contribution in [0.1, 0.15) is 30.6 Å². The molecule has 25 heavy (non-hydrogen) atoms. The number of morpholine rings is 1. The third-order valence-electron chi connectivity index (χ3n) is 4.29. The second-order valence-corrected chi connectivity index (χ2v) is 6.78. The summed E-state index contributed by atoms with van der Waals surface area (Å²) in [5.41, 5.74) is 0.557. The average molecular weight is 347 g/mol. The van der Waals surface area contributed by atoms with Crippen LogP contribution in [0.3, 0.4) is 0 Å². The molecule has 1 heterocycles. The number of benzene rings is 1. The molecule has 1 aromatic carbocycles. The van der Waals surface area contributed by atoms with Gasteiger partial charge >= 0.3 is 0 Å². The lowest BCUT2D eigenvalue weighted by molar-refractivity contribution is -0.120. The van der Waals surface area contributed by atoms with E-state index in [1.807, 2.05) is 6.07 Å². The molecule has 1 saturated heterocycles. The van der Waals surface area contributed by atoms with E-state index in [1.54, 1.807) is 24.3 Å². The van der Waals surface area contributed by atoms with Crippen LogP contribution in [0, 0.1) is 5.92 Å². The Kier molecular flexibility index (Phi) is 7.88. The van der Waals surface area contributed by atoms with Gasteiger partial charge in [-0.25, -0.2) is 0 Å². The fraction of sp³-hybridized carbons (Fsp3) is 0.579. The van der Waals surface area contributed by atoms with E-state index in [0.29, 0.717) is 24.1 Å². The Hall–Kier alpha value is -1.92. The van der Waals surface area contributed by atoms with Gasteiger partial charge in [0, 0.05) is 31.2 Å². The number of carbonyl (C=O) groups excluding carboxylic acids is 2. The van der Waals surface area contributed by atoms with Gasteiger partial charge in [-0.1, -0.05) is 32.0 Å². The second-order valence-electron chi connectivity index (χ2n) is 6.78. The number of ether oxygens (including phenoxy) is 1. The summed E-state index contributed by atoms with van der Waals surface area (Å²) < 4.78 is 5.41. The van der Waals surface area contributed by atoms with E-state index in [2.05, 4.69) is 29.4 Å². The van der Waals surface area contributed by atoms with Crippen LogP contribution in [0.25, 0.3) is 0 Å². The molecule has 0 saturated carbocycles. The lowest BCUT2D eigenvalue weighted by Crippen LogP contribution is -2.50. The molecule has 2 rings (SSSR count). The number of rotatable bonds is 8. The maximum Gasteiger partial charge on any atom is 0.251 e. The molecule has 1 unspecified atom stereocenters. The van der Waals surface area contributed by atoms with Crippen molar-refractivity contribution in [3.05, 3.63) is 35.9 Å². The molecule has 0 radical (unpaired) electrons. The zero-order valence-electron chi connectivity index (χ0n) is 15.2. The van der Waals surface area contributed by atoms with E-state index in [0.717, 1.165) is 32.7 Å². The van der Waals surface area contributed by atoms with Crippen molar-refractivity contribution in [2.45, 2.75) is 26.3 Å². The summed E-state index contributed by atoms with van der Waals surface area (Å²) in [7, 11) is 0. The highest BCUT2D eigenvalue weighted by molar-refractivity contribution is 5.96. The summed E-state index contributed by atoms with van der Waals surface area (Å²) in [6.07, 6.45) is 1.02. The van der Waals surface area contributed by atoms with Crippen molar-refractivity contribution in [3.63, 3.8) is 0 Å². The summed E-state index contributed by atoms with van der Waals surface area (Å²) in [5, 5.41) is 5.61. The number of hydrogen-bond acceptors (Lipinski definition) is 4. The number of nitrogens with zero attached hydrogens (tertiary/aromatic N) is 1. The fourth-order valence-electron chi connectivity index (χ4n) is 2.99. The minimum absolute atomic E-state index is 0.00869. The Morgan fingerprint density at radius 2 is 1.80 bits per heavy atom. The Morgan fingerprint density at radius 1 is 1.12 bits per heavy atom. The molecule has 6 heteroatoms. The van der Waals surface area contributed by atoms with Crippen LogP contribution >= 0.6 is 0 Å². The molecule has 1 aliphatic heterocycles. The van der Waals surface area contributed by atoms with E-state index in [9.17, 15) is 9.59 Å². The highest BCUT2D eigenvalue weighted by Gasteiger charge is 2.22. The standard InChI is InChI=1S/C19H29N3O3/c1-15(2)12-17(22-8-10-25-11-9-22)13-20-18(23)14-21-19(24)16-6-4-3-5-7-16/h3-7,15,17H,8-14H2,1-2H3,(H,20,23)(H,21,24).